The summed E-state index contributed by atoms with van der Waals surface area (Å²) in [4.78, 5) is 0. The third-order valence-corrected chi connectivity index (χ3v) is 1.55. The fraction of sp³-hybridized carbons (Fsp3) is 1.00. The number of hydrogen-bond acceptors (Lipinski definition) is 3. The zero-order valence-corrected chi connectivity index (χ0v) is 4.92. The summed E-state index contributed by atoms with van der Waals surface area (Å²) in [5.41, 5.74) is 4.68. The van der Waals surface area contributed by atoms with Crippen LogP contribution in [0.5, 0.6) is 0 Å². The van der Waals surface area contributed by atoms with E-state index < -0.39 is 5.60 Å². The van der Waals surface area contributed by atoms with Crippen molar-refractivity contribution in [3.63, 3.8) is 0 Å². The number of nitrogens with two attached hydrogens (primary N) is 1. The Morgan fingerprint density at radius 3 is 2.25 bits per heavy atom. The van der Waals surface area contributed by atoms with E-state index in [2.05, 4.69) is 0 Å². The predicted molar refractivity (Wildman–Crippen MR) is 29.4 cm³/mol. The van der Waals surface area contributed by atoms with Gasteiger partial charge in [-0.1, -0.05) is 0 Å². The summed E-state index contributed by atoms with van der Waals surface area (Å²) >= 11 is 0. The van der Waals surface area contributed by atoms with Crippen molar-refractivity contribution in [3.05, 3.63) is 0 Å². The average Bonchev–Trinajstić information content (AvgIpc) is 1.60. The lowest BCUT2D eigenvalue weighted by atomic mass is 9.95. The summed E-state index contributed by atoms with van der Waals surface area (Å²) < 4.78 is 4.77. The Kier molecular flexibility index (Phi) is 1.27. The van der Waals surface area contributed by atoms with E-state index in [1.54, 1.807) is 6.92 Å². The molecule has 1 aliphatic heterocycles. The fourth-order valence-electron chi connectivity index (χ4n) is 0.574. The molecule has 0 aliphatic carbocycles. The van der Waals surface area contributed by atoms with Gasteiger partial charge in [-0.2, -0.15) is 0 Å². The maximum absolute atomic E-state index is 9.24. The van der Waals surface area contributed by atoms with Crippen LogP contribution in [-0.4, -0.2) is 30.0 Å². The second-order valence-electron chi connectivity index (χ2n) is 2.39. The second kappa shape index (κ2) is 1.69. The van der Waals surface area contributed by atoms with E-state index in [9.17, 15) is 5.11 Å². The molecule has 1 saturated heterocycles. The highest BCUT2D eigenvalue weighted by atomic mass is 16.5. The molecule has 0 spiro atoms. The number of ether oxygens (including phenoxy) is 1. The molecule has 3 heteroatoms. The molecule has 0 amide bonds. The van der Waals surface area contributed by atoms with Crippen molar-refractivity contribution < 1.29 is 9.84 Å². The van der Waals surface area contributed by atoms with E-state index in [0.717, 1.165) is 0 Å². The van der Waals surface area contributed by atoms with Gasteiger partial charge in [-0.15, -0.1) is 0 Å². The standard InChI is InChI=1S/C5H11NO2/c1-4(6)5(7)2-8-3-5/h4,7H,2-3,6H2,1H3/t4-/m0/s1. The van der Waals surface area contributed by atoms with Crippen LogP contribution in [0, 0.1) is 0 Å². The molecule has 48 valence electrons. The minimum Gasteiger partial charge on any atom is -0.383 e. The second-order valence-corrected chi connectivity index (χ2v) is 2.39. The quantitative estimate of drug-likeness (QED) is 0.467. The molecule has 0 aromatic heterocycles. The molecule has 1 aliphatic rings. The van der Waals surface area contributed by atoms with Gasteiger partial charge >= 0.3 is 0 Å². The molecule has 1 fully saturated rings. The molecule has 8 heavy (non-hydrogen) atoms. The van der Waals surface area contributed by atoms with Crippen molar-refractivity contribution >= 4 is 0 Å². The first-order chi connectivity index (χ1) is 3.65. The van der Waals surface area contributed by atoms with Crippen molar-refractivity contribution in [3.8, 4) is 0 Å². The summed E-state index contributed by atoms with van der Waals surface area (Å²) in [5.74, 6) is 0. The monoisotopic (exact) mass is 117 g/mol. The van der Waals surface area contributed by atoms with E-state index in [1.165, 1.54) is 0 Å². The molecule has 0 bridgehead atoms. The topological polar surface area (TPSA) is 55.5 Å². The Bertz CT molecular complexity index is 88.4. The van der Waals surface area contributed by atoms with Gasteiger partial charge in [0, 0.05) is 6.04 Å². The van der Waals surface area contributed by atoms with Crippen molar-refractivity contribution in [2.45, 2.75) is 18.6 Å². The number of rotatable bonds is 1. The molecule has 3 N–H and O–H groups in total. The summed E-state index contributed by atoms with van der Waals surface area (Å²) in [6.07, 6.45) is 0. The SMILES string of the molecule is C[C@H](N)C1(O)COC1. The number of aliphatic hydroxyl groups is 1. The van der Waals surface area contributed by atoms with Gasteiger partial charge in [0.2, 0.25) is 0 Å². The third kappa shape index (κ3) is 0.727. The first kappa shape index (κ1) is 6.01. The first-order valence-electron chi connectivity index (χ1n) is 2.71. The zero-order chi connectivity index (χ0) is 6.20. The van der Waals surface area contributed by atoms with Gasteiger partial charge in [0.1, 0.15) is 5.60 Å². The molecule has 0 radical (unpaired) electrons. The lowest BCUT2D eigenvalue weighted by Gasteiger charge is -2.39. The molecule has 0 saturated carbocycles. The Balaban J connectivity index is 2.41. The fourth-order valence-corrected chi connectivity index (χ4v) is 0.574. The van der Waals surface area contributed by atoms with Gasteiger partial charge in [0.15, 0.2) is 0 Å². The summed E-state index contributed by atoms with van der Waals surface area (Å²) in [6, 6.07) is -0.170. The maximum Gasteiger partial charge on any atom is 0.126 e. The molecule has 1 rings (SSSR count). The van der Waals surface area contributed by atoms with E-state index in [1.807, 2.05) is 0 Å². The summed E-state index contributed by atoms with van der Waals surface area (Å²) in [5, 5.41) is 9.24. The van der Waals surface area contributed by atoms with E-state index in [0.29, 0.717) is 13.2 Å². The maximum atomic E-state index is 9.24. The Morgan fingerprint density at radius 2 is 2.25 bits per heavy atom. The van der Waals surface area contributed by atoms with Crippen LogP contribution in [0.15, 0.2) is 0 Å². The predicted octanol–water partition coefficient (Wildman–Crippen LogP) is -0.905. The van der Waals surface area contributed by atoms with Crippen molar-refractivity contribution in [1.82, 2.24) is 0 Å². The van der Waals surface area contributed by atoms with Gasteiger partial charge in [-0.3, -0.25) is 0 Å². The molecule has 0 aromatic carbocycles. The average molecular weight is 117 g/mol. The van der Waals surface area contributed by atoms with Crippen molar-refractivity contribution in [2.75, 3.05) is 13.2 Å². The van der Waals surface area contributed by atoms with E-state index in [4.69, 9.17) is 10.5 Å². The van der Waals surface area contributed by atoms with Crippen LogP contribution in [0.25, 0.3) is 0 Å². The lowest BCUT2D eigenvalue weighted by molar-refractivity contribution is -0.186. The minimum atomic E-state index is -0.722. The third-order valence-electron chi connectivity index (χ3n) is 1.55. The smallest absolute Gasteiger partial charge is 0.126 e. The Labute approximate surface area is 48.4 Å². The van der Waals surface area contributed by atoms with E-state index >= 15 is 0 Å². The van der Waals surface area contributed by atoms with Crippen molar-refractivity contribution in [1.29, 1.82) is 0 Å². The van der Waals surface area contributed by atoms with Gasteiger partial charge in [0.25, 0.3) is 0 Å². The van der Waals surface area contributed by atoms with Crippen LogP contribution in [0.4, 0.5) is 0 Å². The zero-order valence-electron chi connectivity index (χ0n) is 4.92. The van der Waals surface area contributed by atoms with Crippen LogP contribution in [0.2, 0.25) is 0 Å². The minimum absolute atomic E-state index is 0.170. The lowest BCUT2D eigenvalue weighted by Crippen LogP contribution is -2.60. The Hall–Kier alpha value is -0.120. The molecule has 1 heterocycles. The van der Waals surface area contributed by atoms with Crippen LogP contribution in [-0.2, 0) is 4.74 Å². The van der Waals surface area contributed by atoms with Crippen molar-refractivity contribution in [2.24, 2.45) is 5.73 Å². The highest BCUT2D eigenvalue weighted by molar-refractivity contribution is 4.92. The van der Waals surface area contributed by atoms with Crippen LogP contribution in [0.1, 0.15) is 6.92 Å². The van der Waals surface area contributed by atoms with Crippen LogP contribution >= 0.6 is 0 Å². The molecule has 0 aromatic rings. The summed E-state index contributed by atoms with van der Waals surface area (Å²) in [7, 11) is 0. The highest BCUT2D eigenvalue weighted by Gasteiger charge is 2.39. The van der Waals surface area contributed by atoms with Crippen LogP contribution < -0.4 is 5.73 Å². The van der Waals surface area contributed by atoms with Gasteiger partial charge < -0.3 is 15.6 Å². The molecule has 3 nitrogen and oxygen atoms in total. The number of hydrogen-bond donors (Lipinski definition) is 2. The first-order valence-corrected chi connectivity index (χ1v) is 2.71. The van der Waals surface area contributed by atoms with E-state index in [-0.39, 0.29) is 6.04 Å². The molecule has 0 unspecified atom stereocenters. The molecule has 1 atom stereocenters. The van der Waals surface area contributed by atoms with Crippen LogP contribution in [0.3, 0.4) is 0 Å². The normalized spacial score (nSPS) is 28.9. The Morgan fingerprint density at radius 1 is 1.75 bits per heavy atom. The summed E-state index contributed by atoms with van der Waals surface area (Å²) in [6.45, 7) is 2.57. The molecular formula is C5H11NO2. The van der Waals surface area contributed by atoms with Gasteiger partial charge in [-0.05, 0) is 6.92 Å². The van der Waals surface area contributed by atoms with Gasteiger partial charge in [0.05, 0.1) is 13.2 Å². The highest BCUT2D eigenvalue weighted by Crippen LogP contribution is 2.18. The van der Waals surface area contributed by atoms with Gasteiger partial charge in [-0.25, -0.2) is 0 Å². The molecular weight excluding hydrogens is 106 g/mol. The largest absolute Gasteiger partial charge is 0.383 e.